The van der Waals surface area contributed by atoms with Gasteiger partial charge in [-0.1, -0.05) is 35.5 Å². The van der Waals surface area contributed by atoms with E-state index in [1.807, 2.05) is 42.7 Å². The number of rotatable bonds is 3. The molecule has 0 radical (unpaired) electrons. The Morgan fingerprint density at radius 1 is 1.25 bits per heavy atom. The van der Waals surface area contributed by atoms with E-state index < -0.39 is 0 Å². The summed E-state index contributed by atoms with van der Waals surface area (Å²) < 4.78 is 6.73. The van der Waals surface area contributed by atoms with Crippen molar-refractivity contribution in [1.29, 1.82) is 0 Å². The Morgan fingerprint density at radius 3 is 2.80 bits per heavy atom. The van der Waals surface area contributed by atoms with E-state index in [0.717, 1.165) is 26.4 Å². The number of aromatic amines is 1. The molecule has 0 fully saturated rings. The van der Waals surface area contributed by atoms with Gasteiger partial charge in [0.15, 0.2) is 5.16 Å². The molecule has 0 saturated carbocycles. The van der Waals surface area contributed by atoms with E-state index in [1.54, 1.807) is 11.8 Å². The normalized spacial score (nSPS) is 10.9. The number of hydrogen-bond acceptors (Lipinski definition) is 3. The number of nitrogens with zero attached hydrogens (tertiary/aromatic N) is 1. The van der Waals surface area contributed by atoms with Crippen LogP contribution in [0.3, 0.4) is 0 Å². The first kappa shape index (κ1) is 13.8. The van der Waals surface area contributed by atoms with Crippen molar-refractivity contribution < 1.29 is 4.74 Å². The molecule has 0 spiro atoms. The van der Waals surface area contributed by atoms with E-state index >= 15 is 0 Å². The number of para-hydroxylation sites is 1. The van der Waals surface area contributed by atoms with Crippen molar-refractivity contribution in [3.63, 3.8) is 0 Å². The zero-order valence-corrected chi connectivity index (χ0v) is 13.6. The van der Waals surface area contributed by atoms with Crippen LogP contribution in [0, 0.1) is 0 Å². The number of benzene rings is 2. The molecule has 1 heterocycles. The fourth-order valence-electron chi connectivity index (χ4n) is 1.81. The van der Waals surface area contributed by atoms with Crippen LogP contribution in [0.25, 0.3) is 11.0 Å². The molecule has 6 heteroatoms. The Labute approximate surface area is 133 Å². The van der Waals surface area contributed by atoms with Crippen LogP contribution in [0.1, 0.15) is 0 Å². The monoisotopic (exact) mass is 368 g/mol. The van der Waals surface area contributed by atoms with Gasteiger partial charge >= 0.3 is 0 Å². The highest BCUT2D eigenvalue weighted by molar-refractivity contribution is 9.10. The average molecular weight is 370 g/mol. The van der Waals surface area contributed by atoms with Crippen molar-refractivity contribution in [3.8, 4) is 11.5 Å². The number of thioether (sulfide) groups is 1. The fraction of sp³-hybridized carbons (Fsp3) is 0.0714. The van der Waals surface area contributed by atoms with Crippen LogP contribution < -0.4 is 4.74 Å². The van der Waals surface area contributed by atoms with Crippen LogP contribution >= 0.6 is 39.3 Å². The molecular formula is C14H10BrClN2OS. The third kappa shape index (κ3) is 2.66. The second kappa shape index (κ2) is 5.68. The van der Waals surface area contributed by atoms with Gasteiger partial charge in [-0.25, -0.2) is 4.98 Å². The van der Waals surface area contributed by atoms with E-state index in [-0.39, 0.29) is 0 Å². The summed E-state index contributed by atoms with van der Waals surface area (Å²) in [5, 5.41) is 1.40. The van der Waals surface area contributed by atoms with Crippen LogP contribution in [0.15, 0.2) is 46.0 Å². The summed E-state index contributed by atoms with van der Waals surface area (Å²) in [5.41, 5.74) is 1.74. The predicted octanol–water partition coefficient (Wildman–Crippen LogP) is 5.49. The SMILES string of the molecule is CSc1nc2cc(Oc3ccccc3Br)c(Cl)cc2[nH]1. The lowest BCUT2D eigenvalue weighted by Crippen LogP contribution is -1.86. The van der Waals surface area contributed by atoms with E-state index in [0.29, 0.717) is 10.8 Å². The number of H-pyrrole nitrogens is 1. The van der Waals surface area contributed by atoms with E-state index in [2.05, 4.69) is 25.9 Å². The molecule has 1 N–H and O–H groups in total. The number of halogens is 2. The number of ether oxygens (including phenoxy) is 1. The van der Waals surface area contributed by atoms with Gasteiger partial charge in [0, 0.05) is 6.07 Å². The number of fused-ring (bicyclic) bond motifs is 1. The summed E-state index contributed by atoms with van der Waals surface area (Å²) in [7, 11) is 0. The summed E-state index contributed by atoms with van der Waals surface area (Å²) in [6.45, 7) is 0. The third-order valence-electron chi connectivity index (χ3n) is 2.76. The molecule has 3 rings (SSSR count). The molecule has 2 aromatic carbocycles. The second-order valence-corrected chi connectivity index (χ2v) is 6.13. The highest BCUT2D eigenvalue weighted by Gasteiger charge is 2.10. The molecule has 3 aromatic rings. The molecule has 0 aliphatic heterocycles. The largest absolute Gasteiger partial charge is 0.455 e. The van der Waals surface area contributed by atoms with Crippen molar-refractivity contribution in [2.45, 2.75) is 5.16 Å². The molecule has 0 atom stereocenters. The Balaban J connectivity index is 2.03. The summed E-state index contributed by atoms with van der Waals surface area (Å²) in [6.07, 6.45) is 1.97. The molecule has 0 unspecified atom stereocenters. The lowest BCUT2D eigenvalue weighted by Gasteiger charge is -2.09. The van der Waals surface area contributed by atoms with Crippen LogP contribution in [0.4, 0.5) is 0 Å². The van der Waals surface area contributed by atoms with Gasteiger partial charge in [-0.2, -0.15) is 0 Å². The topological polar surface area (TPSA) is 37.9 Å². The van der Waals surface area contributed by atoms with Gasteiger partial charge in [-0.15, -0.1) is 0 Å². The molecule has 0 aliphatic rings. The minimum atomic E-state index is 0.546. The van der Waals surface area contributed by atoms with E-state index in [9.17, 15) is 0 Å². The van der Waals surface area contributed by atoms with Crippen molar-refractivity contribution >= 4 is 50.3 Å². The second-order valence-electron chi connectivity index (χ2n) is 4.08. The van der Waals surface area contributed by atoms with E-state index in [4.69, 9.17) is 16.3 Å². The maximum atomic E-state index is 6.26. The zero-order chi connectivity index (χ0) is 14.1. The highest BCUT2D eigenvalue weighted by atomic mass is 79.9. The van der Waals surface area contributed by atoms with Gasteiger partial charge in [0.25, 0.3) is 0 Å². The number of aromatic nitrogens is 2. The minimum Gasteiger partial charge on any atom is -0.455 e. The fourth-order valence-corrected chi connectivity index (χ4v) is 2.78. The van der Waals surface area contributed by atoms with Gasteiger partial charge in [0.05, 0.1) is 20.5 Å². The molecule has 102 valence electrons. The molecular weight excluding hydrogens is 360 g/mol. The third-order valence-corrected chi connectivity index (χ3v) is 4.29. The Kier molecular flexibility index (Phi) is 3.92. The molecule has 0 amide bonds. The lowest BCUT2D eigenvalue weighted by atomic mass is 10.3. The number of hydrogen-bond donors (Lipinski definition) is 1. The van der Waals surface area contributed by atoms with Crippen LogP contribution in [0.2, 0.25) is 5.02 Å². The summed E-state index contributed by atoms with van der Waals surface area (Å²) in [5.74, 6) is 1.31. The van der Waals surface area contributed by atoms with Gasteiger partial charge in [-0.3, -0.25) is 0 Å². The first-order valence-electron chi connectivity index (χ1n) is 5.83. The molecule has 20 heavy (non-hydrogen) atoms. The average Bonchev–Trinajstić information content (AvgIpc) is 2.83. The molecule has 1 aromatic heterocycles. The van der Waals surface area contributed by atoms with Crippen molar-refractivity contribution in [1.82, 2.24) is 9.97 Å². The molecule has 3 nitrogen and oxygen atoms in total. The first-order valence-corrected chi connectivity index (χ1v) is 8.22. The quantitative estimate of drug-likeness (QED) is 0.620. The Hall–Kier alpha value is -1.17. The smallest absolute Gasteiger partial charge is 0.166 e. The minimum absolute atomic E-state index is 0.546. The highest BCUT2D eigenvalue weighted by Crippen LogP contribution is 2.36. The molecule has 0 bridgehead atoms. The lowest BCUT2D eigenvalue weighted by molar-refractivity contribution is 0.480. The predicted molar refractivity (Wildman–Crippen MR) is 87.1 cm³/mol. The van der Waals surface area contributed by atoms with Crippen LogP contribution in [-0.2, 0) is 0 Å². The zero-order valence-electron chi connectivity index (χ0n) is 10.5. The maximum Gasteiger partial charge on any atom is 0.166 e. The Bertz CT molecular complexity index is 775. The maximum absolute atomic E-state index is 6.26. The van der Waals surface area contributed by atoms with Gasteiger partial charge in [0.2, 0.25) is 0 Å². The number of nitrogens with one attached hydrogen (secondary N) is 1. The number of imidazole rings is 1. The van der Waals surface area contributed by atoms with Crippen LogP contribution in [0.5, 0.6) is 11.5 Å². The summed E-state index contributed by atoms with van der Waals surface area (Å²) in [6, 6.07) is 11.3. The molecule has 0 aliphatic carbocycles. The van der Waals surface area contributed by atoms with E-state index in [1.165, 1.54) is 0 Å². The van der Waals surface area contributed by atoms with Crippen molar-refractivity contribution in [2.24, 2.45) is 0 Å². The van der Waals surface area contributed by atoms with Crippen LogP contribution in [-0.4, -0.2) is 16.2 Å². The summed E-state index contributed by atoms with van der Waals surface area (Å²) >= 11 is 11.3. The van der Waals surface area contributed by atoms with Gasteiger partial charge in [-0.05, 0) is 40.4 Å². The standard InChI is InChI=1S/C14H10BrClN2OS/c1-20-14-17-10-6-9(16)13(7-11(10)18-14)19-12-5-3-2-4-8(12)15/h2-7H,1H3,(H,17,18). The first-order chi connectivity index (χ1) is 9.67. The summed E-state index contributed by atoms with van der Waals surface area (Å²) in [4.78, 5) is 7.65. The van der Waals surface area contributed by atoms with Crippen molar-refractivity contribution in [3.05, 3.63) is 45.9 Å². The van der Waals surface area contributed by atoms with Gasteiger partial charge < -0.3 is 9.72 Å². The molecule has 0 saturated heterocycles. The Morgan fingerprint density at radius 2 is 2.05 bits per heavy atom. The van der Waals surface area contributed by atoms with Gasteiger partial charge in [0.1, 0.15) is 11.5 Å². The van der Waals surface area contributed by atoms with Crippen molar-refractivity contribution in [2.75, 3.05) is 6.26 Å².